The standard InChI is InChI=1S/C19H26N4O2/c1-7-25-18-20-12(2)16(13(3)21-18)23-17(24)22-15-10-8-14(9-11-15)19(4,5)6/h8-11H,7H2,1-6H3,(H2,22,23,24). The first kappa shape index (κ1) is 18.7. The number of anilines is 2. The minimum atomic E-state index is -0.331. The summed E-state index contributed by atoms with van der Waals surface area (Å²) >= 11 is 0. The predicted molar refractivity (Wildman–Crippen MR) is 100 cm³/mol. The lowest BCUT2D eigenvalue weighted by molar-refractivity contribution is 0.262. The molecule has 0 radical (unpaired) electrons. The second-order valence-electron chi connectivity index (χ2n) is 6.89. The molecule has 0 spiro atoms. The van der Waals surface area contributed by atoms with Crippen molar-refractivity contribution in [3.8, 4) is 6.01 Å². The number of rotatable bonds is 4. The summed E-state index contributed by atoms with van der Waals surface area (Å²) in [5, 5.41) is 5.64. The van der Waals surface area contributed by atoms with Gasteiger partial charge in [0.2, 0.25) is 0 Å². The lowest BCUT2D eigenvalue weighted by atomic mass is 9.87. The van der Waals surface area contributed by atoms with Gasteiger partial charge in [-0.2, -0.15) is 9.97 Å². The number of benzene rings is 1. The van der Waals surface area contributed by atoms with Crippen LogP contribution in [-0.2, 0) is 5.41 Å². The fourth-order valence-corrected chi connectivity index (χ4v) is 2.39. The van der Waals surface area contributed by atoms with E-state index in [4.69, 9.17) is 4.74 Å². The van der Waals surface area contributed by atoms with Gasteiger partial charge in [0, 0.05) is 5.69 Å². The van der Waals surface area contributed by atoms with Crippen LogP contribution >= 0.6 is 0 Å². The molecule has 0 aliphatic carbocycles. The first-order valence-corrected chi connectivity index (χ1v) is 8.37. The molecule has 0 bridgehead atoms. The number of carbonyl (C=O) groups is 1. The Morgan fingerprint density at radius 2 is 1.60 bits per heavy atom. The van der Waals surface area contributed by atoms with E-state index in [-0.39, 0.29) is 11.4 Å². The van der Waals surface area contributed by atoms with Gasteiger partial charge in [0.15, 0.2) is 0 Å². The minimum Gasteiger partial charge on any atom is -0.464 e. The number of hydrogen-bond acceptors (Lipinski definition) is 4. The van der Waals surface area contributed by atoms with Gasteiger partial charge in [-0.1, -0.05) is 32.9 Å². The van der Waals surface area contributed by atoms with Crippen molar-refractivity contribution in [2.75, 3.05) is 17.2 Å². The number of amides is 2. The Balaban J connectivity index is 2.08. The van der Waals surface area contributed by atoms with E-state index in [0.29, 0.717) is 29.7 Å². The highest BCUT2D eigenvalue weighted by atomic mass is 16.5. The molecule has 0 aliphatic rings. The number of nitrogens with zero attached hydrogens (tertiary/aromatic N) is 2. The van der Waals surface area contributed by atoms with E-state index in [9.17, 15) is 4.79 Å². The molecule has 6 nitrogen and oxygen atoms in total. The van der Waals surface area contributed by atoms with Crippen LogP contribution in [0.1, 0.15) is 44.6 Å². The van der Waals surface area contributed by atoms with Crippen LogP contribution in [0.25, 0.3) is 0 Å². The third-order valence-electron chi connectivity index (χ3n) is 3.77. The van der Waals surface area contributed by atoms with E-state index in [2.05, 4.69) is 41.4 Å². The fraction of sp³-hybridized carbons (Fsp3) is 0.421. The summed E-state index contributed by atoms with van der Waals surface area (Å²) in [5.74, 6) is 0. The van der Waals surface area contributed by atoms with E-state index in [1.54, 1.807) is 0 Å². The summed E-state index contributed by atoms with van der Waals surface area (Å²) in [5.41, 5.74) is 3.93. The molecular weight excluding hydrogens is 316 g/mol. The Bertz CT molecular complexity index is 726. The summed E-state index contributed by atoms with van der Waals surface area (Å²) in [6, 6.07) is 7.82. The van der Waals surface area contributed by atoms with Gasteiger partial charge in [0.05, 0.1) is 23.7 Å². The molecule has 1 aromatic carbocycles. The molecule has 0 aliphatic heterocycles. The van der Waals surface area contributed by atoms with Crippen molar-refractivity contribution in [1.82, 2.24) is 9.97 Å². The zero-order chi connectivity index (χ0) is 18.6. The van der Waals surface area contributed by atoms with Crippen molar-refractivity contribution in [3.05, 3.63) is 41.2 Å². The molecule has 2 N–H and O–H groups in total. The second-order valence-corrected chi connectivity index (χ2v) is 6.89. The van der Waals surface area contributed by atoms with Crippen molar-refractivity contribution in [2.24, 2.45) is 0 Å². The topological polar surface area (TPSA) is 76.1 Å². The Morgan fingerprint density at radius 3 is 2.08 bits per heavy atom. The molecule has 0 unspecified atom stereocenters. The average molecular weight is 342 g/mol. The van der Waals surface area contributed by atoms with Gasteiger partial charge >= 0.3 is 12.0 Å². The third kappa shape index (κ3) is 4.92. The molecule has 134 valence electrons. The quantitative estimate of drug-likeness (QED) is 0.861. The summed E-state index contributed by atoms with van der Waals surface area (Å²) in [7, 11) is 0. The van der Waals surface area contributed by atoms with Gasteiger partial charge in [-0.05, 0) is 43.9 Å². The van der Waals surface area contributed by atoms with Crippen molar-refractivity contribution in [1.29, 1.82) is 0 Å². The number of hydrogen-bond donors (Lipinski definition) is 2. The van der Waals surface area contributed by atoms with Crippen molar-refractivity contribution in [3.63, 3.8) is 0 Å². The van der Waals surface area contributed by atoms with Gasteiger partial charge in [-0.3, -0.25) is 0 Å². The second kappa shape index (κ2) is 7.51. The lowest BCUT2D eigenvalue weighted by Crippen LogP contribution is -2.21. The van der Waals surface area contributed by atoms with E-state index < -0.39 is 0 Å². The highest BCUT2D eigenvalue weighted by Gasteiger charge is 2.14. The third-order valence-corrected chi connectivity index (χ3v) is 3.77. The first-order chi connectivity index (χ1) is 11.7. The molecular formula is C19H26N4O2. The SMILES string of the molecule is CCOc1nc(C)c(NC(=O)Nc2ccc(C(C)(C)C)cc2)c(C)n1. The minimum absolute atomic E-state index is 0.0780. The molecule has 2 rings (SSSR count). The normalized spacial score (nSPS) is 11.1. The van der Waals surface area contributed by atoms with Crippen LogP contribution in [0.3, 0.4) is 0 Å². The van der Waals surface area contributed by atoms with Gasteiger partial charge in [0.25, 0.3) is 0 Å². The maximum absolute atomic E-state index is 12.3. The fourth-order valence-electron chi connectivity index (χ4n) is 2.39. The lowest BCUT2D eigenvalue weighted by Gasteiger charge is -2.19. The molecule has 6 heteroatoms. The maximum atomic E-state index is 12.3. The summed E-state index contributed by atoms with van der Waals surface area (Å²) < 4.78 is 5.31. The van der Waals surface area contributed by atoms with E-state index in [0.717, 1.165) is 5.69 Å². The van der Waals surface area contributed by atoms with Crippen LogP contribution in [0.5, 0.6) is 6.01 Å². The van der Waals surface area contributed by atoms with Crippen LogP contribution < -0.4 is 15.4 Å². The van der Waals surface area contributed by atoms with E-state index in [1.165, 1.54) is 5.56 Å². The van der Waals surface area contributed by atoms with Crippen LogP contribution in [0.4, 0.5) is 16.2 Å². The van der Waals surface area contributed by atoms with Crippen LogP contribution in [0.15, 0.2) is 24.3 Å². The van der Waals surface area contributed by atoms with Gasteiger partial charge in [-0.25, -0.2) is 4.79 Å². The molecule has 1 heterocycles. The number of urea groups is 1. The Labute approximate surface area is 149 Å². The number of ether oxygens (including phenoxy) is 1. The summed E-state index contributed by atoms with van der Waals surface area (Å²) in [4.78, 5) is 20.8. The smallest absolute Gasteiger partial charge is 0.323 e. The maximum Gasteiger partial charge on any atom is 0.323 e. The average Bonchev–Trinajstić information content (AvgIpc) is 2.51. The van der Waals surface area contributed by atoms with Crippen molar-refractivity contribution < 1.29 is 9.53 Å². The van der Waals surface area contributed by atoms with Crippen LogP contribution in [-0.4, -0.2) is 22.6 Å². The van der Waals surface area contributed by atoms with Gasteiger partial charge in [-0.15, -0.1) is 0 Å². The van der Waals surface area contributed by atoms with E-state index in [1.807, 2.05) is 45.0 Å². The molecule has 0 atom stereocenters. The Kier molecular flexibility index (Phi) is 5.62. The largest absolute Gasteiger partial charge is 0.464 e. The molecule has 25 heavy (non-hydrogen) atoms. The zero-order valence-electron chi connectivity index (χ0n) is 15.7. The predicted octanol–water partition coefficient (Wildman–Crippen LogP) is 4.43. The number of nitrogens with one attached hydrogen (secondary N) is 2. The molecule has 0 saturated heterocycles. The van der Waals surface area contributed by atoms with Crippen LogP contribution in [0, 0.1) is 13.8 Å². The van der Waals surface area contributed by atoms with Gasteiger partial charge < -0.3 is 15.4 Å². The van der Waals surface area contributed by atoms with Crippen molar-refractivity contribution >= 4 is 17.4 Å². The molecule has 2 amide bonds. The molecule has 1 aromatic heterocycles. The number of aromatic nitrogens is 2. The highest BCUT2D eigenvalue weighted by Crippen LogP contribution is 2.24. The molecule has 0 saturated carbocycles. The highest BCUT2D eigenvalue weighted by molar-refractivity contribution is 6.00. The number of aryl methyl sites for hydroxylation is 2. The number of carbonyl (C=O) groups excluding carboxylic acids is 1. The van der Waals surface area contributed by atoms with Crippen LogP contribution in [0.2, 0.25) is 0 Å². The summed E-state index contributed by atoms with van der Waals surface area (Å²) in [6.07, 6.45) is 0. The monoisotopic (exact) mass is 342 g/mol. The molecule has 0 fully saturated rings. The Morgan fingerprint density at radius 1 is 1.04 bits per heavy atom. The van der Waals surface area contributed by atoms with Crippen molar-refractivity contribution in [2.45, 2.75) is 47.0 Å². The first-order valence-electron chi connectivity index (χ1n) is 8.37. The summed E-state index contributed by atoms with van der Waals surface area (Å²) in [6.45, 7) is 12.4. The van der Waals surface area contributed by atoms with Gasteiger partial charge in [0.1, 0.15) is 0 Å². The van der Waals surface area contributed by atoms with E-state index >= 15 is 0 Å². The molecule has 2 aromatic rings. The Hall–Kier alpha value is -2.63. The zero-order valence-corrected chi connectivity index (χ0v) is 15.7.